The number of hydrogen-bond acceptors (Lipinski definition) is 4. The summed E-state index contributed by atoms with van der Waals surface area (Å²) in [6, 6.07) is 9.99. The van der Waals surface area contributed by atoms with Crippen LogP contribution in [0.3, 0.4) is 0 Å². The quantitative estimate of drug-likeness (QED) is 0.815. The molecule has 1 fully saturated rings. The minimum absolute atomic E-state index is 0.790. The molecule has 2 N–H and O–H groups in total. The molecule has 94 valence electrons. The average Bonchev–Trinajstić information content (AvgIpc) is 2.40. The Morgan fingerprint density at radius 2 is 2.00 bits per heavy atom. The molecule has 1 aliphatic rings. The van der Waals surface area contributed by atoms with Gasteiger partial charge in [-0.2, -0.15) is 0 Å². The molecule has 0 unspecified atom stereocenters. The molecule has 1 aromatic carbocycles. The standard InChI is InChI=1S/C14H17N3O/c15-13-2-1-3-14-12(13)5-4-11(16-14)10-17-6-8-18-9-7-17/h1-5H,6-10,15H2. The van der Waals surface area contributed by atoms with Gasteiger partial charge in [-0.25, -0.2) is 0 Å². The number of benzene rings is 1. The van der Waals surface area contributed by atoms with Crippen molar-refractivity contribution in [2.45, 2.75) is 6.54 Å². The summed E-state index contributed by atoms with van der Waals surface area (Å²) in [5.74, 6) is 0. The van der Waals surface area contributed by atoms with Crippen LogP contribution in [0.25, 0.3) is 10.9 Å². The number of rotatable bonds is 2. The van der Waals surface area contributed by atoms with Gasteiger partial charge < -0.3 is 10.5 Å². The lowest BCUT2D eigenvalue weighted by Crippen LogP contribution is -2.35. The van der Waals surface area contributed by atoms with Crippen LogP contribution in [-0.2, 0) is 11.3 Å². The third-order valence-electron chi connectivity index (χ3n) is 3.31. The van der Waals surface area contributed by atoms with E-state index in [0.717, 1.165) is 55.1 Å². The highest BCUT2D eigenvalue weighted by molar-refractivity contribution is 5.90. The van der Waals surface area contributed by atoms with Crippen molar-refractivity contribution in [1.82, 2.24) is 9.88 Å². The second kappa shape index (κ2) is 4.92. The summed E-state index contributed by atoms with van der Waals surface area (Å²) in [7, 11) is 0. The highest BCUT2D eigenvalue weighted by Crippen LogP contribution is 2.19. The summed E-state index contributed by atoms with van der Waals surface area (Å²) in [6.45, 7) is 4.49. The van der Waals surface area contributed by atoms with E-state index in [9.17, 15) is 0 Å². The minimum atomic E-state index is 0.790. The number of nitrogens with two attached hydrogens (primary N) is 1. The Labute approximate surface area is 106 Å². The first kappa shape index (κ1) is 11.4. The van der Waals surface area contributed by atoms with Gasteiger partial charge in [0.25, 0.3) is 0 Å². The van der Waals surface area contributed by atoms with Crippen molar-refractivity contribution >= 4 is 16.6 Å². The molecule has 0 saturated carbocycles. The fourth-order valence-corrected chi connectivity index (χ4v) is 2.30. The maximum absolute atomic E-state index is 5.92. The van der Waals surface area contributed by atoms with Crippen LogP contribution in [0.1, 0.15) is 5.69 Å². The highest BCUT2D eigenvalue weighted by atomic mass is 16.5. The van der Waals surface area contributed by atoms with Gasteiger partial charge >= 0.3 is 0 Å². The van der Waals surface area contributed by atoms with Crippen LogP contribution in [0.2, 0.25) is 0 Å². The Morgan fingerprint density at radius 3 is 2.83 bits per heavy atom. The van der Waals surface area contributed by atoms with Crippen molar-refractivity contribution < 1.29 is 4.74 Å². The smallest absolute Gasteiger partial charge is 0.0726 e. The van der Waals surface area contributed by atoms with Crippen molar-refractivity contribution in [2.75, 3.05) is 32.0 Å². The molecule has 0 aliphatic carbocycles. The van der Waals surface area contributed by atoms with Crippen molar-refractivity contribution in [1.29, 1.82) is 0 Å². The van der Waals surface area contributed by atoms with Crippen LogP contribution < -0.4 is 5.73 Å². The third-order valence-corrected chi connectivity index (χ3v) is 3.31. The third kappa shape index (κ3) is 2.30. The van der Waals surface area contributed by atoms with E-state index in [2.05, 4.69) is 22.0 Å². The molecule has 2 aromatic rings. The molecule has 1 aliphatic heterocycles. The van der Waals surface area contributed by atoms with Crippen molar-refractivity contribution in [3.63, 3.8) is 0 Å². The molecule has 3 rings (SSSR count). The number of nitrogens with zero attached hydrogens (tertiary/aromatic N) is 2. The summed E-state index contributed by atoms with van der Waals surface area (Å²) in [6.07, 6.45) is 0. The first-order valence-corrected chi connectivity index (χ1v) is 6.27. The first-order chi connectivity index (χ1) is 8.83. The molecule has 1 saturated heterocycles. The van der Waals surface area contributed by atoms with E-state index >= 15 is 0 Å². The lowest BCUT2D eigenvalue weighted by molar-refractivity contribution is 0.0337. The Bertz CT molecular complexity index is 550. The van der Waals surface area contributed by atoms with Gasteiger partial charge in [0.15, 0.2) is 0 Å². The summed E-state index contributed by atoms with van der Waals surface area (Å²) < 4.78 is 5.34. The molecule has 2 heterocycles. The Hall–Kier alpha value is -1.65. The van der Waals surface area contributed by atoms with Crippen LogP contribution in [-0.4, -0.2) is 36.2 Å². The van der Waals surface area contributed by atoms with Crippen LogP contribution >= 0.6 is 0 Å². The normalized spacial score (nSPS) is 17.1. The summed E-state index contributed by atoms with van der Waals surface area (Å²) in [4.78, 5) is 7.03. The van der Waals surface area contributed by atoms with E-state index in [1.54, 1.807) is 0 Å². The van der Waals surface area contributed by atoms with E-state index in [1.807, 2.05) is 18.2 Å². The molecule has 18 heavy (non-hydrogen) atoms. The molecule has 1 aromatic heterocycles. The van der Waals surface area contributed by atoms with Gasteiger partial charge in [-0.1, -0.05) is 6.07 Å². The topological polar surface area (TPSA) is 51.4 Å². The van der Waals surface area contributed by atoms with Crippen LogP contribution in [0.5, 0.6) is 0 Å². The zero-order valence-electron chi connectivity index (χ0n) is 10.3. The second-order valence-corrected chi connectivity index (χ2v) is 4.61. The van der Waals surface area contributed by atoms with E-state index in [4.69, 9.17) is 10.5 Å². The summed E-state index contributed by atoms with van der Waals surface area (Å²) in [5.41, 5.74) is 8.78. The van der Waals surface area contributed by atoms with Gasteiger partial charge in [0, 0.05) is 30.7 Å². The maximum Gasteiger partial charge on any atom is 0.0726 e. The lowest BCUT2D eigenvalue weighted by Gasteiger charge is -2.26. The predicted molar refractivity (Wildman–Crippen MR) is 72.3 cm³/mol. The number of aromatic nitrogens is 1. The van der Waals surface area contributed by atoms with Crippen molar-refractivity contribution in [2.24, 2.45) is 0 Å². The zero-order chi connectivity index (χ0) is 12.4. The van der Waals surface area contributed by atoms with Crippen LogP contribution in [0.15, 0.2) is 30.3 Å². The molecule has 0 bridgehead atoms. The lowest BCUT2D eigenvalue weighted by atomic mass is 10.1. The zero-order valence-corrected chi connectivity index (χ0v) is 10.3. The molecule has 0 spiro atoms. The summed E-state index contributed by atoms with van der Waals surface area (Å²) >= 11 is 0. The SMILES string of the molecule is Nc1cccc2nc(CN3CCOCC3)ccc12. The molecular formula is C14H17N3O. The number of ether oxygens (including phenoxy) is 1. The highest BCUT2D eigenvalue weighted by Gasteiger charge is 2.11. The average molecular weight is 243 g/mol. The van der Waals surface area contributed by atoms with Gasteiger partial charge in [0.2, 0.25) is 0 Å². The van der Waals surface area contributed by atoms with Crippen LogP contribution in [0, 0.1) is 0 Å². The monoisotopic (exact) mass is 243 g/mol. The molecule has 0 radical (unpaired) electrons. The Morgan fingerprint density at radius 1 is 1.17 bits per heavy atom. The van der Waals surface area contributed by atoms with Gasteiger partial charge in [-0.15, -0.1) is 0 Å². The predicted octanol–water partition coefficient (Wildman–Crippen LogP) is 1.65. The number of nitrogen functional groups attached to an aromatic ring is 1. The second-order valence-electron chi connectivity index (χ2n) is 4.61. The largest absolute Gasteiger partial charge is 0.398 e. The van der Waals surface area contributed by atoms with Crippen molar-refractivity contribution in [3.05, 3.63) is 36.0 Å². The van der Waals surface area contributed by atoms with E-state index < -0.39 is 0 Å². The Balaban J connectivity index is 1.84. The van der Waals surface area contributed by atoms with Gasteiger partial charge in [0.05, 0.1) is 24.4 Å². The molecule has 0 amide bonds. The number of fused-ring (bicyclic) bond motifs is 1. The van der Waals surface area contributed by atoms with E-state index in [0.29, 0.717) is 0 Å². The molecule has 4 nitrogen and oxygen atoms in total. The maximum atomic E-state index is 5.92. The molecular weight excluding hydrogens is 226 g/mol. The van der Waals surface area contributed by atoms with Gasteiger partial charge in [-0.05, 0) is 24.3 Å². The number of hydrogen-bond donors (Lipinski definition) is 1. The van der Waals surface area contributed by atoms with E-state index in [-0.39, 0.29) is 0 Å². The van der Waals surface area contributed by atoms with Gasteiger partial charge in [-0.3, -0.25) is 9.88 Å². The van der Waals surface area contributed by atoms with Crippen LogP contribution in [0.4, 0.5) is 5.69 Å². The number of anilines is 1. The minimum Gasteiger partial charge on any atom is -0.398 e. The fourth-order valence-electron chi connectivity index (χ4n) is 2.30. The molecule has 4 heteroatoms. The van der Waals surface area contributed by atoms with E-state index in [1.165, 1.54) is 0 Å². The number of morpholine rings is 1. The fraction of sp³-hybridized carbons (Fsp3) is 0.357. The van der Waals surface area contributed by atoms with Crippen molar-refractivity contribution in [3.8, 4) is 0 Å². The summed E-state index contributed by atoms with van der Waals surface area (Å²) in [5, 5.41) is 1.03. The molecule has 0 atom stereocenters. The first-order valence-electron chi connectivity index (χ1n) is 6.27. The van der Waals surface area contributed by atoms with Gasteiger partial charge in [0.1, 0.15) is 0 Å². The number of pyridine rings is 1. The Kier molecular flexibility index (Phi) is 3.13.